The summed E-state index contributed by atoms with van der Waals surface area (Å²) >= 11 is 0. The molecule has 0 aliphatic carbocycles. The average Bonchev–Trinajstić information content (AvgIpc) is 3.48. The number of aromatic nitrogens is 6. The van der Waals surface area contributed by atoms with E-state index in [1.165, 1.54) is 0 Å². The van der Waals surface area contributed by atoms with E-state index in [0.717, 1.165) is 40.9 Å². The maximum atomic E-state index is 13.7. The van der Waals surface area contributed by atoms with Gasteiger partial charge in [0.1, 0.15) is 5.82 Å². The Kier molecular flexibility index (Phi) is 6.93. The van der Waals surface area contributed by atoms with E-state index in [1.807, 2.05) is 48.5 Å². The summed E-state index contributed by atoms with van der Waals surface area (Å²) in [4.78, 5) is 18.5. The number of nitrogens with one attached hydrogen (secondary N) is 1. The second-order valence-corrected chi connectivity index (χ2v) is 8.73. The van der Waals surface area contributed by atoms with Gasteiger partial charge in [0.25, 0.3) is 5.56 Å². The second kappa shape index (κ2) is 10.6. The lowest BCUT2D eigenvalue weighted by molar-refractivity contribution is 0.355. The predicted octanol–water partition coefficient (Wildman–Crippen LogP) is 4.65. The van der Waals surface area contributed by atoms with Gasteiger partial charge in [-0.25, -0.2) is 4.98 Å². The Morgan fingerprint density at radius 2 is 1.68 bits per heavy atom. The van der Waals surface area contributed by atoms with Gasteiger partial charge in [0, 0.05) is 18.1 Å². The lowest BCUT2D eigenvalue weighted by Crippen LogP contribution is -2.26. The van der Waals surface area contributed by atoms with Gasteiger partial charge in [0.05, 0.1) is 31.7 Å². The quantitative estimate of drug-likeness (QED) is 0.316. The van der Waals surface area contributed by atoms with Crippen LogP contribution >= 0.6 is 0 Å². The fourth-order valence-electron chi connectivity index (χ4n) is 4.46. The molecule has 1 N–H and O–H groups in total. The lowest BCUT2D eigenvalue weighted by atomic mass is 9.98. The summed E-state index contributed by atoms with van der Waals surface area (Å²) in [6, 6.07) is 19.6. The summed E-state index contributed by atoms with van der Waals surface area (Å²) in [7, 11) is 3.14. The minimum atomic E-state index is -0.0939. The number of H-pyrrole nitrogens is 1. The molecule has 5 aromatic rings. The molecule has 9 heteroatoms. The van der Waals surface area contributed by atoms with E-state index in [-0.39, 0.29) is 5.56 Å². The molecule has 3 aromatic carbocycles. The molecule has 0 radical (unpaired) electrons. The highest BCUT2D eigenvalue weighted by Gasteiger charge is 2.16. The third-order valence-corrected chi connectivity index (χ3v) is 6.41. The van der Waals surface area contributed by atoms with Gasteiger partial charge in [-0.15, -0.1) is 10.2 Å². The van der Waals surface area contributed by atoms with Gasteiger partial charge in [-0.3, -0.25) is 9.36 Å². The third kappa shape index (κ3) is 4.80. The Morgan fingerprint density at radius 1 is 0.946 bits per heavy atom. The van der Waals surface area contributed by atoms with Crippen molar-refractivity contribution in [2.24, 2.45) is 0 Å². The molecule has 0 aliphatic heterocycles. The van der Waals surface area contributed by atoms with Gasteiger partial charge in [0.2, 0.25) is 5.82 Å². The van der Waals surface area contributed by atoms with Crippen molar-refractivity contribution in [2.75, 3.05) is 14.2 Å². The summed E-state index contributed by atoms with van der Waals surface area (Å²) < 4.78 is 12.6. The van der Waals surface area contributed by atoms with E-state index >= 15 is 0 Å². The van der Waals surface area contributed by atoms with Crippen LogP contribution in [0.2, 0.25) is 0 Å². The molecule has 0 bridgehead atoms. The first-order chi connectivity index (χ1) is 18.1. The van der Waals surface area contributed by atoms with Crippen molar-refractivity contribution in [3.05, 3.63) is 82.4 Å². The van der Waals surface area contributed by atoms with E-state index in [2.05, 4.69) is 27.5 Å². The van der Waals surface area contributed by atoms with Crippen molar-refractivity contribution in [1.29, 1.82) is 0 Å². The van der Waals surface area contributed by atoms with Crippen molar-refractivity contribution in [2.45, 2.75) is 32.7 Å². The Morgan fingerprint density at radius 3 is 2.35 bits per heavy atom. The number of fused-ring (bicyclic) bond motifs is 1. The molecule has 0 fully saturated rings. The Hall–Kier alpha value is -4.53. The Bertz CT molecular complexity index is 1580. The molecular weight excluding hydrogens is 468 g/mol. The summed E-state index contributed by atoms with van der Waals surface area (Å²) in [5.74, 6) is 2.36. The summed E-state index contributed by atoms with van der Waals surface area (Å²) in [5.41, 5.74) is 4.44. The van der Waals surface area contributed by atoms with E-state index in [4.69, 9.17) is 14.5 Å². The zero-order valence-corrected chi connectivity index (χ0v) is 21.1. The van der Waals surface area contributed by atoms with Gasteiger partial charge < -0.3 is 9.47 Å². The van der Waals surface area contributed by atoms with Crippen LogP contribution in [-0.2, 0) is 13.0 Å². The molecule has 0 saturated carbocycles. The highest BCUT2D eigenvalue weighted by atomic mass is 16.5. The van der Waals surface area contributed by atoms with E-state index in [1.54, 1.807) is 30.9 Å². The zero-order valence-electron chi connectivity index (χ0n) is 21.1. The number of hydrogen-bond acceptors (Lipinski definition) is 7. The van der Waals surface area contributed by atoms with Crippen molar-refractivity contribution < 1.29 is 9.47 Å². The van der Waals surface area contributed by atoms with Gasteiger partial charge in [-0.2, -0.15) is 5.21 Å². The molecule has 0 saturated heterocycles. The van der Waals surface area contributed by atoms with Gasteiger partial charge in [-0.1, -0.05) is 61.9 Å². The number of benzene rings is 3. The van der Waals surface area contributed by atoms with Crippen molar-refractivity contribution >= 4 is 10.9 Å². The molecule has 0 spiro atoms. The minimum Gasteiger partial charge on any atom is -0.493 e. The standard InChI is InChI=1S/C28H28N6O3/c1-4-5-10-26-29-23-16-25(37-3)24(36-2)15-22(23)28(35)34(26)17-18-11-13-19(14-12-18)20-8-6-7-9-21(20)27-30-32-33-31-27/h6-9,11-16H,4-5,10,17H2,1-3H3,(H,30,31,32,33). The minimum absolute atomic E-state index is 0.0939. The smallest absolute Gasteiger partial charge is 0.261 e. The SMILES string of the molecule is CCCCc1nc2cc(OC)c(OC)cc2c(=O)n1Cc1ccc(-c2ccccc2-c2nn[nH]n2)cc1. The van der Waals surface area contributed by atoms with E-state index in [0.29, 0.717) is 41.2 Å². The number of tetrazole rings is 1. The molecule has 37 heavy (non-hydrogen) atoms. The first-order valence-corrected chi connectivity index (χ1v) is 12.2. The number of unbranched alkanes of at least 4 members (excludes halogenated alkanes) is 1. The second-order valence-electron chi connectivity index (χ2n) is 8.73. The van der Waals surface area contributed by atoms with Crippen LogP contribution in [0.25, 0.3) is 33.4 Å². The number of ether oxygens (including phenoxy) is 2. The maximum Gasteiger partial charge on any atom is 0.261 e. The Labute approximate surface area is 214 Å². The molecule has 0 atom stereocenters. The normalized spacial score (nSPS) is 11.1. The van der Waals surface area contributed by atoms with Crippen molar-refractivity contribution in [1.82, 2.24) is 30.2 Å². The van der Waals surface area contributed by atoms with Crippen LogP contribution in [0.5, 0.6) is 11.5 Å². The van der Waals surface area contributed by atoms with E-state index < -0.39 is 0 Å². The highest BCUT2D eigenvalue weighted by molar-refractivity contribution is 5.82. The highest BCUT2D eigenvalue weighted by Crippen LogP contribution is 2.31. The number of nitrogens with zero attached hydrogens (tertiary/aromatic N) is 5. The first-order valence-electron chi connectivity index (χ1n) is 12.2. The van der Waals surface area contributed by atoms with Crippen LogP contribution in [0.1, 0.15) is 31.2 Å². The van der Waals surface area contributed by atoms with Crippen LogP contribution in [0.15, 0.2) is 65.5 Å². The maximum absolute atomic E-state index is 13.7. The molecule has 9 nitrogen and oxygen atoms in total. The van der Waals surface area contributed by atoms with Crippen molar-refractivity contribution in [3.63, 3.8) is 0 Å². The molecule has 188 valence electrons. The molecule has 0 amide bonds. The monoisotopic (exact) mass is 496 g/mol. The largest absolute Gasteiger partial charge is 0.493 e. The van der Waals surface area contributed by atoms with Crippen LogP contribution in [0.4, 0.5) is 0 Å². The number of hydrogen-bond donors (Lipinski definition) is 1. The molecule has 0 aliphatic rings. The lowest BCUT2D eigenvalue weighted by Gasteiger charge is -2.16. The van der Waals surface area contributed by atoms with E-state index in [9.17, 15) is 4.79 Å². The molecular formula is C28H28N6O3. The van der Waals surface area contributed by atoms with Gasteiger partial charge in [-0.05, 0) is 34.4 Å². The number of rotatable bonds is 9. The van der Waals surface area contributed by atoms with Gasteiger partial charge in [0.15, 0.2) is 11.5 Å². The topological polar surface area (TPSA) is 108 Å². The number of aromatic amines is 1. The zero-order chi connectivity index (χ0) is 25.8. The average molecular weight is 497 g/mol. The number of aryl methyl sites for hydroxylation is 1. The van der Waals surface area contributed by atoms with Crippen LogP contribution in [0, 0.1) is 0 Å². The van der Waals surface area contributed by atoms with Crippen LogP contribution in [0.3, 0.4) is 0 Å². The molecule has 5 rings (SSSR count). The van der Waals surface area contributed by atoms with Gasteiger partial charge >= 0.3 is 0 Å². The summed E-state index contributed by atoms with van der Waals surface area (Å²) in [6.45, 7) is 2.55. The molecule has 0 unspecified atom stereocenters. The third-order valence-electron chi connectivity index (χ3n) is 6.41. The fourth-order valence-corrected chi connectivity index (χ4v) is 4.46. The Balaban J connectivity index is 1.53. The summed E-state index contributed by atoms with van der Waals surface area (Å²) in [5, 5.41) is 15.0. The van der Waals surface area contributed by atoms with Crippen molar-refractivity contribution in [3.8, 4) is 34.0 Å². The van der Waals surface area contributed by atoms with Crippen LogP contribution < -0.4 is 15.0 Å². The predicted molar refractivity (Wildman–Crippen MR) is 142 cm³/mol. The molecule has 2 aromatic heterocycles. The summed E-state index contributed by atoms with van der Waals surface area (Å²) in [6.07, 6.45) is 2.66. The van der Waals surface area contributed by atoms with Crippen LogP contribution in [-0.4, -0.2) is 44.4 Å². The fraction of sp³-hybridized carbons (Fsp3) is 0.250. The number of methoxy groups -OCH3 is 2. The first kappa shape index (κ1) is 24.2. The molecule has 2 heterocycles.